The van der Waals surface area contributed by atoms with Crippen molar-refractivity contribution in [1.29, 1.82) is 0 Å². The maximum atomic E-state index is 11.8. The predicted octanol–water partition coefficient (Wildman–Crippen LogP) is -3.22. The molecule has 0 amide bonds. The number of aryl methyl sites for hydroxylation is 1. The summed E-state index contributed by atoms with van der Waals surface area (Å²) in [7, 11) is 0. The van der Waals surface area contributed by atoms with Gasteiger partial charge in [-0.2, -0.15) is 0 Å². The van der Waals surface area contributed by atoms with Crippen molar-refractivity contribution < 1.29 is 77.4 Å². The van der Waals surface area contributed by atoms with Gasteiger partial charge in [0, 0.05) is 83.7 Å². The Labute approximate surface area is 322 Å². The van der Waals surface area contributed by atoms with E-state index in [0.717, 1.165) is 29.7 Å². The zero-order valence-electron chi connectivity index (χ0n) is 27.8. The summed E-state index contributed by atoms with van der Waals surface area (Å²) < 4.78 is 0. The molecule has 1 unspecified atom stereocenters. The summed E-state index contributed by atoms with van der Waals surface area (Å²) >= 11 is 5.43. The zero-order chi connectivity index (χ0) is 35.8. The Kier molecular flexibility index (Phi) is 19.4. The number of phenolic OH excluding ortho intramolecular Hbond substituents is 1. The van der Waals surface area contributed by atoms with Crippen LogP contribution >= 0.6 is 12.2 Å². The molecule has 15 nitrogen and oxygen atoms in total. The molecule has 1 fully saturated rings. The fourth-order valence-corrected chi connectivity index (χ4v) is 5.88. The number of phenols is 1. The number of nitrogens with one attached hydrogen (secondary N) is 2. The van der Waals surface area contributed by atoms with Crippen LogP contribution in [0.5, 0.6) is 5.75 Å². The van der Waals surface area contributed by atoms with Crippen LogP contribution in [0.15, 0.2) is 48.5 Å². The standard InChI is InChI=1S/C33H46N6O9S.Y/c40-28-9-5-24(6-10-28)2-1-11-34-33(49)35-26-7-3-25(4-8-26)18-27-19-38(22-31(45)46)15-14-36(20-29(41)42)12-13-37(21-30(43)44)16-17-39(27)23-32(47)48;/h3-10,27,40H,1-2,11-23H2,(H,41,42)(H,43,44)(H,45,46)(H,47,48)(H2,34,35,49);/q;+3/p-3. The molecule has 2 aromatic rings. The van der Waals surface area contributed by atoms with Crippen LogP contribution in [0.3, 0.4) is 0 Å². The van der Waals surface area contributed by atoms with E-state index in [1.165, 1.54) is 0 Å². The Morgan fingerprint density at radius 3 is 1.84 bits per heavy atom. The molecule has 0 aliphatic carbocycles. The summed E-state index contributed by atoms with van der Waals surface area (Å²) in [5, 5.41) is 60.5. The van der Waals surface area contributed by atoms with Crippen LogP contribution in [0.1, 0.15) is 17.5 Å². The second kappa shape index (κ2) is 22.5. The molecular weight excluding hydrogens is 745 g/mol. The number of hydrogen-bond donors (Lipinski definition) is 4. The van der Waals surface area contributed by atoms with E-state index in [2.05, 4.69) is 10.6 Å². The van der Waals surface area contributed by atoms with Gasteiger partial charge in [0.15, 0.2) is 5.11 Å². The van der Waals surface area contributed by atoms with Crippen molar-refractivity contribution in [2.45, 2.75) is 25.3 Å². The van der Waals surface area contributed by atoms with Gasteiger partial charge in [0.1, 0.15) is 5.75 Å². The van der Waals surface area contributed by atoms with E-state index in [4.69, 9.17) is 12.2 Å². The number of thiocarbonyl (C=S) groups is 1. The van der Waals surface area contributed by atoms with Crippen LogP contribution in [-0.2, 0) is 64.7 Å². The van der Waals surface area contributed by atoms with Crippen LogP contribution in [0, 0.1) is 0 Å². The molecule has 1 aliphatic heterocycles. The Morgan fingerprint density at radius 1 is 0.740 bits per heavy atom. The van der Waals surface area contributed by atoms with Crippen LogP contribution in [-0.4, -0.2) is 143 Å². The molecule has 0 saturated carbocycles. The van der Waals surface area contributed by atoms with Gasteiger partial charge in [-0.3, -0.25) is 24.4 Å². The van der Waals surface area contributed by atoms with Gasteiger partial charge in [-0.05, 0) is 66.9 Å². The second-order valence-corrected chi connectivity index (χ2v) is 12.4. The van der Waals surface area contributed by atoms with Crippen molar-refractivity contribution >= 4 is 46.9 Å². The van der Waals surface area contributed by atoms with Gasteiger partial charge in [0.2, 0.25) is 0 Å². The third-order valence-electron chi connectivity index (χ3n) is 8.10. The minimum atomic E-state index is -1.34. The maximum Gasteiger partial charge on any atom is 3.00 e. The molecule has 2 aromatic carbocycles. The van der Waals surface area contributed by atoms with Crippen LogP contribution in [0.4, 0.5) is 5.69 Å². The third kappa shape index (κ3) is 17.1. The number of nitrogens with zero attached hydrogens (tertiary/aromatic N) is 4. The molecule has 0 spiro atoms. The summed E-state index contributed by atoms with van der Waals surface area (Å²) in [6, 6.07) is 13.8. The Hall–Kier alpha value is -3.25. The molecule has 50 heavy (non-hydrogen) atoms. The van der Waals surface area contributed by atoms with E-state index in [1.807, 2.05) is 36.4 Å². The number of carboxylic acids is 4. The molecule has 17 heteroatoms. The predicted molar refractivity (Wildman–Crippen MR) is 178 cm³/mol. The van der Waals surface area contributed by atoms with Gasteiger partial charge in [0.05, 0.1) is 24.5 Å². The molecule has 0 radical (unpaired) electrons. The van der Waals surface area contributed by atoms with Gasteiger partial charge >= 0.3 is 38.7 Å². The first-order valence-electron chi connectivity index (χ1n) is 16.0. The minimum absolute atomic E-state index is 0. The van der Waals surface area contributed by atoms with Crippen molar-refractivity contribution in [3.8, 4) is 5.75 Å². The summed E-state index contributed by atoms with van der Waals surface area (Å²) in [4.78, 5) is 52.9. The molecule has 4 N–H and O–H groups in total. The number of anilines is 1. The van der Waals surface area contributed by atoms with Crippen molar-refractivity contribution in [1.82, 2.24) is 24.9 Å². The maximum absolute atomic E-state index is 11.8. The number of benzene rings is 2. The van der Waals surface area contributed by atoms with Gasteiger partial charge < -0.3 is 50.5 Å². The number of carbonyl (C=O) groups is 4. The minimum Gasteiger partial charge on any atom is -0.549 e. The van der Waals surface area contributed by atoms with Crippen molar-refractivity contribution in [3.05, 3.63) is 59.7 Å². The molecule has 268 valence electrons. The van der Waals surface area contributed by atoms with E-state index in [0.29, 0.717) is 18.1 Å². The van der Waals surface area contributed by atoms with Crippen LogP contribution in [0.25, 0.3) is 0 Å². The number of rotatable bonds is 15. The zero-order valence-corrected chi connectivity index (χ0v) is 31.5. The average Bonchev–Trinajstić information content (AvgIpc) is 3.02. The van der Waals surface area contributed by atoms with Crippen LogP contribution in [0.2, 0.25) is 0 Å². The number of aliphatic carboxylic acids is 4. The first-order chi connectivity index (χ1) is 23.4. The van der Waals surface area contributed by atoms with Gasteiger partial charge in [-0.25, -0.2) is 0 Å². The SMILES string of the molecule is O=C([O-])CN1CCN(CC(=O)O)CCN(CC(=O)[O-])CC(Cc2ccc(NC(=S)NCCCc3ccc(O)cc3)cc2)N(CC(=O)[O-])CC1.[Y+3]. The first kappa shape index (κ1) is 42.9. The Balaban J connectivity index is 0.00000867. The molecule has 1 atom stereocenters. The normalized spacial score (nSPS) is 17.0. The van der Waals surface area contributed by atoms with Crippen molar-refractivity contribution in [2.75, 3.05) is 83.9 Å². The van der Waals surface area contributed by atoms with E-state index in [1.54, 1.807) is 31.7 Å². The molecular formula is C33H43N6O9SY. The van der Waals surface area contributed by atoms with E-state index in [9.17, 15) is 44.7 Å². The third-order valence-corrected chi connectivity index (χ3v) is 8.34. The fourth-order valence-electron chi connectivity index (χ4n) is 5.66. The van der Waals surface area contributed by atoms with E-state index in [-0.39, 0.29) is 90.8 Å². The number of carboxylic acid groups (broad SMARTS) is 4. The second-order valence-electron chi connectivity index (χ2n) is 12.0. The van der Waals surface area contributed by atoms with Crippen molar-refractivity contribution in [2.24, 2.45) is 0 Å². The Morgan fingerprint density at radius 2 is 1.26 bits per heavy atom. The molecule has 1 aliphatic rings. The van der Waals surface area contributed by atoms with Crippen molar-refractivity contribution in [3.63, 3.8) is 0 Å². The first-order valence-corrected chi connectivity index (χ1v) is 16.4. The largest absolute Gasteiger partial charge is 3.00 e. The molecule has 1 saturated heterocycles. The smallest absolute Gasteiger partial charge is 0.549 e. The summed E-state index contributed by atoms with van der Waals surface area (Å²) in [6.45, 7) is 0.0444. The average molecular weight is 789 g/mol. The molecule has 3 rings (SSSR count). The number of hydrogen-bond acceptors (Lipinski definition) is 13. The Bertz CT molecular complexity index is 1400. The summed E-state index contributed by atoms with van der Waals surface area (Å²) in [5.41, 5.74) is 2.65. The van der Waals surface area contributed by atoms with Gasteiger partial charge in [-0.1, -0.05) is 24.3 Å². The molecule has 0 aromatic heterocycles. The summed E-state index contributed by atoms with van der Waals surface area (Å²) in [6.07, 6.45) is 1.96. The van der Waals surface area contributed by atoms with Crippen LogP contribution < -0.4 is 26.0 Å². The number of carbonyl (C=O) groups excluding carboxylic acids is 3. The van der Waals surface area contributed by atoms with Gasteiger partial charge in [0.25, 0.3) is 0 Å². The van der Waals surface area contributed by atoms with Gasteiger partial charge in [-0.15, -0.1) is 0 Å². The summed E-state index contributed by atoms with van der Waals surface area (Å²) in [5.74, 6) is -4.85. The van der Waals surface area contributed by atoms with E-state index < -0.39 is 49.6 Å². The topological polar surface area (TPSA) is 215 Å². The fraction of sp³-hybridized carbons (Fsp3) is 0.485. The number of aromatic hydroxyl groups is 1. The molecule has 0 bridgehead atoms. The molecule has 1 heterocycles. The quantitative estimate of drug-likeness (QED) is 0.103. The monoisotopic (exact) mass is 788 g/mol. The van der Waals surface area contributed by atoms with E-state index >= 15 is 0 Å².